The van der Waals surface area contributed by atoms with E-state index in [4.69, 9.17) is 9.41 Å². The Morgan fingerprint density at radius 3 is 2.54 bits per heavy atom. The zero-order valence-corrected chi connectivity index (χ0v) is 16.4. The number of rotatable bonds is 4. The lowest BCUT2D eigenvalue weighted by Crippen LogP contribution is -2.22. The minimum absolute atomic E-state index is 0.0275. The SMILES string of the molecule is O=[N+]([O-])c1ccccc1N=c1scc(-c2ccco2)n1C1CCCCCCC1. The fourth-order valence-electron chi connectivity index (χ4n) is 3.87. The van der Waals surface area contributed by atoms with Gasteiger partial charge in [0.25, 0.3) is 5.69 Å². The highest BCUT2D eigenvalue weighted by Crippen LogP contribution is 2.32. The predicted octanol–water partition coefficient (Wildman–Crippen LogP) is 6.24. The second-order valence-corrected chi connectivity index (χ2v) is 7.94. The maximum atomic E-state index is 11.4. The minimum Gasteiger partial charge on any atom is -0.463 e. The average Bonchev–Trinajstić information content (AvgIpc) is 3.32. The second-order valence-electron chi connectivity index (χ2n) is 7.11. The lowest BCUT2D eigenvalue weighted by Gasteiger charge is -2.23. The van der Waals surface area contributed by atoms with Crippen molar-refractivity contribution in [1.82, 2.24) is 4.57 Å². The molecular weight excluding hydrogens is 374 g/mol. The van der Waals surface area contributed by atoms with Gasteiger partial charge in [-0.25, -0.2) is 4.99 Å². The van der Waals surface area contributed by atoms with Crippen LogP contribution in [-0.2, 0) is 0 Å². The molecule has 0 saturated heterocycles. The molecule has 1 aromatic carbocycles. The van der Waals surface area contributed by atoms with Crippen LogP contribution in [0.2, 0.25) is 0 Å². The fraction of sp³-hybridized carbons (Fsp3) is 0.381. The zero-order valence-electron chi connectivity index (χ0n) is 15.6. The van der Waals surface area contributed by atoms with E-state index in [2.05, 4.69) is 4.57 Å². The highest BCUT2D eigenvalue weighted by molar-refractivity contribution is 7.07. The van der Waals surface area contributed by atoms with Crippen LogP contribution >= 0.6 is 11.3 Å². The number of hydrogen-bond acceptors (Lipinski definition) is 5. The van der Waals surface area contributed by atoms with Crippen molar-refractivity contribution in [2.75, 3.05) is 0 Å². The van der Waals surface area contributed by atoms with E-state index in [1.165, 1.54) is 49.5 Å². The van der Waals surface area contributed by atoms with Crippen molar-refractivity contribution < 1.29 is 9.34 Å². The number of thiazole rings is 1. The molecule has 1 fully saturated rings. The predicted molar refractivity (Wildman–Crippen MR) is 110 cm³/mol. The molecule has 0 radical (unpaired) electrons. The molecular formula is C21H23N3O3S. The van der Waals surface area contributed by atoms with Gasteiger partial charge in [0.2, 0.25) is 0 Å². The molecule has 0 N–H and O–H groups in total. The molecule has 3 aromatic rings. The minimum atomic E-state index is -0.375. The maximum Gasteiger partial charge on any atom is 0.294 e. The van der Waals surface area contributed by atoms with Crippen LogP contribution in [-0.4, -0.2) is 9.49 Å². The first-order valence-electron chi connectivity index (χ1n) is 9.76. The Morgan fingerprint density at radius 1 is 1.07 bits per heavy atom. The Hall–Kier alpha value is -2.67. The topological polar surface area (TPSA) is 73.6 Å². The monoisotopic (exact) mass is 397 g/mol. The summed E-state index contributed by atoms with van der Waals surface area (Å²) >= 11 is 1.51. The summed E-state index contributed by atoms with van der Waals surface area (Å²) < 4.78 is 7.91. The van der Waals surface area contributed by atoms with Gasteiger partial charge in [-0.2, -0.15) is 0 Å². The summed E-state index contributed by atoms with van der Waals surface area (Å²) in [5, 5.41) is 13.4. The molecule has 7 heteroatoms. The molecule has 1 aliphatic rings. The van der Waals surface area contributed by atoms with Gasteiger partial charge in [-0.1, -0.05) is 44.2 Å². The van der Waals surface area contributed by atoms with E-state index in [9.17, 15) is 10.1 Å². The van der Waals surface area contributed by atoms with Crippen molar-refractivity contribution in [3.05, 3.63) is 63.0 Å². The van der Waals surface area contributed by atoms with Crippen molar-refractivity contribution in [2.24, 2.45) is 4.99 Å². The average molecular weight is 398 g/mol. The van der Waals surface area contributed by atoms with Gasteiger partial charge in [-0.05, 0) is 31.0 Å². The van der Waals surface area contributed by atoms with Gasteiger partial charge >= 0.3 is 0 Å². The standard InChI is InChI=1S/C21H23N3O3S/c25-24(26)18-12-7-6-11-17(18)22-21-23(16-9-4-2-1-3-5-10-16)19(15-28-21)20-13-8-14-27-20/h6-8,11-16H,1-5,9-10H2. The molecule has 4 rings (SSSR count). The molecule has 6 nitrogen and oxygen atoms in total. The van der Waals surface area contributed by atoms with E-state index < -0.39 is 0 Å². The third-order valence-electron chi connectivity index (χ3n) is 5.25. The van der Waals surface area contributed by atoms with Crippen LogP contribution in [0.3, 0.4) is 0 Å². The molecule has 0 aliphatic heterocycles. The van der Waals surface area contributed by atoms with Crippen LogP contribution in [0.15, 0.2) is 57.5 Å². The number of furan rings is 1. The summed E-state index contributed by atoms with van der Waals surface area (Å²) in [6, 6.07) is 10.8. The van der Waals surface area contributed by atoms with Gasteiger partial charge in [-0.3, -0.25) is 10.1 Å². The highest BCUT2D eigenvalue weighted by Gasteiger charge is 2.21. The number of nitrogens with zero attached hydrogens (tertiary/aromatic N) is 3. The van der Waals surface area contributed by atoms with E-state index in [1.807, 2.05) is 17.5 Å². The molecule has 0 bridgehead atoms. The number of para-hydroxylation sites is 2. The van der Waals surface area contributed by atoms with E-state index in [1.54, 1.807) is 24.5 Å². The normalized spacial score (nSPS) is 16.6. The molecule has 2 heterocycles. The van der Waals surface area contributed by atoms with Gasteiger partial charge in [0.1, 0.15) is 5.69 Å². The van der Waals surface area contributed by atoms with Crippen LogP contribution in [0.25, 0.3) is 11.5 Å². The van der Waals surface area contributed by atoms with Crippen molar-refractivity contribution >= 4 is 22.7 Å². The van der Waals surface area contributed by atoms with Crippen molar-refractivity contribution in [1.29, 1.82) is 0 Å². The third kappa shape index (κ3) is 3.94. The first-order chi connectivity index (χ1) is 13.7. The number of nitro benzene ring substituents is 1. The third-order valence-corrected chi connectivity index (χ3v) is 6.09. The Kier molecular flexibility index (Phi) is 5.71. The summed E-state index contributed by atoms with van der Waals surface area (Å²) in [6.45, 7) is 0. The lowest BCUT2D eigenvalue weighted by atomic mass is 9.96. The van der Waals surface area contributed by atoms with Crippen molar-refractivity contribution in [2.45, 2.75) is 51.0 Å². The Morgan fingerprint density at radius 2 is 1.82 bits per heavy atom. The van der Waals surface area contributed by atoms with Gasteiger partial charge in [0.15, 0.2) is 10.6 Å². The molecule has 0 unspecified atom stereocenters. The quantitative estimate of drug-likeness (QED) is 0.386. The van der Waals surface area contributed by atoms with Crippen molar-refractivity contribution in [3.63, 3.8) is 0 Å². The molecule has 28 heavy (non-hydrogen) atoms. The van der Waals surface area contributed by atoms with Crippen LogP contribution in [0, 0.1) is 10.1 Å². The zero-order chi connectivity index (χ0) is 19.3. The van der Waals surface area contributed by atoms with Crippen LogP contribution in [0.5, 0.6) is 0 Å². The first kappa shape index (κ1) is 18.7. The van der Waals surface area contributed by atoms with Crippen LogP contribution in [0.1, 0.15) is 51.0 Å². The molecule has 0 spiro atoms. The van der Waals surface area contributed by atoms with Gasteiger partial charge in [-0.15, -0.1) is 11.3 Å². The largest absolute Gasteiger partial charge is 0.463 e. The maximum absolute atomic E-state index is 11.4. The summed E-state index contributed by atoms with van der Waals surface area (Å²) in [4.78, 5) is 16.5. The lowest BCUT2D eigenvalue weighted by molar-refractivity contribution is -0.384. The van der Waals surface area contributed by atoms with Crippen LogP contribution in [0.4, 0.5) is 11.4 Å². The molecule has 1 aliphatic carbocycles. The Labute approximate surface area is 167 Å². The fourth-order valence-corrected chi connectivity index (χ4v) is 4.83. The number of nitro groups is 1. The Bertz CT molecular complexity index is 996. The summed E-state index contributed by atoms with van der Waals surface area (Å²) in [6.07, 6.45) is 10.1. The number of aromatic nitrogens is 1. The molecule has 0 amide bonds. The van der Waals surface area contributed by atoms with Gasteiger partial charge < -0.3 is 8.98 Å². The molecule has 1 saturated carbocycles. The number of benzene rings is 1. The summed E-state index contributed by atoms with van der Waals surface area (Å²) in [5.41, 5.74) is 1.41. The Balaban J connectivity index is 1.85. The van der Waals surface area contributed by atoms with Crippen molar-refractivity contribution in [3.8, 4) is 11.5 Å². The first-order valence-corrected chi connectivity index (χ1v) is 10.6. The molecule has 2 aromatic heterocycles. The van der Waals surface area contributed by atoms with E-state index >= 15 is 0 Å². The highest BCUT2D eigenvalue weighted by atomic mass is 32.1. The molecule has 146 valence electrons. The van der Waals surface area contributed by atoms with Gasteiger partial charge in [0, 0.05) is 17.5 Å². The summed E-state index contributed by atoms with van der Waals surface area (Å²) in [5.74, 6) is 0.808. The second kappa shape index (κ2) is 8.56. The summed E-state index contributed by atoms with van der Waals surface area (Å²) in [7, 11) is 0. The molecule has 0 atom stereocenters. The van der Waals surface area contributed by atoms with E-state index in [0.29, 0.717) is 11.7 Å². The van der Waals surface area contributed by atoms with Crippen LogP contribution < -0.4 is 4.80 Å². The van der Waals surface area contributed by atoms with Gasteiger partial charge in [0.05, 0.1) is 16.9 Å². The smallest absolute Gasteiger partial charge is 0.294 e. The van der Waals surface area contributed by atoms with E-state index in [0.717, 1.165) is 29.1 Å². The van der Waals surface area contributed by atoms with E-state index in [-0.39, 0.29) is 10.6 Å². The number of hydrogen-bond donors (Lipinski definition) is 0.